The van der Waals surface area contributed by atoms with E-state index in [1.807, 2.05) is 12.2 Å². The first-order chi connectivity index (χ1) is 13.8. The quantitative estimate of drug-likeness (QED) is 0.813. The average molecular weight is 403 g/mol. The Morgan fingerprint density at radius 3 is 2.68 bits per heavy atom. The molecule has 0 unspecified atom stereocenters. The van der Waals surface area contributed by atoms with Crippen LogP contribution in [0.3, 0.4) is 0 Å². The number of H-pyrrole nitrogens is 1. The number of aromatic nitrogens is 1. The van der Waals surface area contributed by atoms with Gasteiger partial charge in [0.05, 0.1) is 47.4 Å². The summed E-state index contributed by atoms with van der Waals surface area (Å²) in [5.74, 6) is 0.453. The van der Waals surface area contributed by atoms with Crippen molar-refractivity contribution in [3.8, 4) is 0 Å². The molecular weight excluding hydrogens is 376 g/mol. The third kappa shape index (κ3) is 3.65. The fourth-order valence-corrected chi connectivity index (χ4v) is 4.94. The maximum absolute atomic E-state index is 6.35. The molecule has 5 rings (SSSR count). The molecule has 2 N–H and O–H groups in total. The number of nitrogens with zero attached hydrogens (tertiary/aromatic N) is 2. The van der Waals surface area contributed by atoms with E-state index in [4.69, 9.17) is 31.2 Å². The number of allylic oxidation sites excluding steroid dienone is 1. The minimum absolute atomic E-state index is 0.378. The highest BCUT2D eigenvalue weighted by molar-refractivity contribution is 6.34. The standard InChI is InChI=1S/C21H27ClN4O2/c22-14-5-8-23-20-17-12-24-26-19(21(17)25-18(20)11-14)13-1-3-15(4-2-13)28-16-6-9-27-10-7-16/h5,11,13,15-16,24-25H,1-4,6-10,12H2. The van der Waals surface area contributed by atoms with Crippen molar-refractivity contribution >= 4 is 23.4 Å². The van der Waals surface area contributed by atoms with Gasteiger partial charge in [-0.1, -0.05) is 11.6 Å². The first kappa shape index (κ1) is 18.4. The van der Waals surface area contributed by atoms with Crippen molar-refractivity contribution in [3.63, 3.8) is 0 Å². The summed E-state index contributed by atoms with van der Waals surface area (Å²) in [6.07, 6.45) is 11.2. The van der Waals surface area contributed by atoms with Gasteiger partial charge in [0.25, 0.3) is 0 Å². The number of hydrazone groups is 1. The molecule has 0 bridgehead atoms. The van der Waals surface area contributed by atoms with E-state index in [1.54, 1.807) is 0 Å². The maximum atomic E-state index is 6.35. The van der Waals surface area contributed by atoms with Crippen LogP contribution in [0.15, 0.2) is 21.2 Å². The van der Waals surface area contributed by atoms with Gasteiger partial charge in [0, 0.05) is 29.7 Å². The summed E-state index contributed by atoms with van der Waals surface area (Å²) in [5, 5.41) is 7.45. The van der Waals surface area contributed by atoms with Crippen LogP contribution < -0.4 is 16.1 Å². The maximum Gasteiger partial charge on any atom is 0.0885 e. The summed E-state index contributed by atoms with van der Waals surface area (Å²) in [6, 6.07) is 0. The van der Waals surface area contributed by atoms with Crippen molar-refractivity contribution in [1.82, 2.24) is 10.4 Å². The van der Waals surface area contributed by atoms with Crippen molar-refractivity contribution in [1.29, 1.82) is 0 Å². The van der Waals surface area contributed by atoms with Crippen LogP contribution >= 0.6 is 11.6 Å². The number of aromatic amines is 1. The molecule has 4 aliphatic rings. The fraction of sp³-hybridized carbons (Fsp3) is 0.619. The normalized spacial score (nSPS) is 27.9. The number of halogens is 1. The molecule has 0 aromatic carbocycles. The van der Waals surface area contributed by atoms with Crippen LogP contribution in [-0.4, -0.2) is 42.7 Å². The number of hydrogen-bond acceptors (Lipinski definition) is 5. The van der Waals surface area contributed by atoms with E-state index in [0.29, 0.717) is 31.2 Å². The number of rotatable bonds is 3. The first-order valence-electron chi connectivity index (χ1n) is 10.4. The molecule has 0 spiro atoms. The number of hydrogen-bond donors (Lipinski definition) is 2. The summed E-state index contributed by atoms with van der Waals surface area (Å²) in [5.41, 5.74) is 6.73. The Labute approximate surface area is 169 Å². The van der Waals surface area contributed by atoms with Crippen LogP contribution in [0.4, 0.5) is 0 Å². The van der Waals surface area contributed by atoms with Crippen molar-refractivity contribution in [2.75, 3.05) is 19.8 Å². The van der Waals surface area contributed by atoms with Gasteiger partial charge in [0.15, 0.2) is 0 Å². The molecule has 3 aliphatic heterocycles. The minimum atomic E-state index is 0.378. The zero-order valence-electron chi connectivity index (χ0n) is 16.0. The monoisotopic (exact) mass is 402 g/mol. The van der Waals surface area contributed by atoms with E-state index in [0.717, 1.165) is 78.9 Å². The van der Waals surface area contributed by atoms with Crippen LogP contribution in [-0.2, 0) is 16.0 Å². The first-order valence-corrected chi connectivity index (χ1v) is 10.8. The lowest BCUT2D eigenvalue weighted by atomic mass is 9.82. The van der Waals surface area contributed by atoms with E-state index in [9.17, 15) is 0 Å². The van der Waals surface area contributed by atoms with Gasteiger partial charge in [0.1, 0.15) is 0 Å². The third-order valence-corrected chi connectivity index (χ3v) is 6.51. The summed E-state index contributed by atoms with van der Waals surface area (Å²) in [6.45, 7) is 3.00. The Morgan fingerprint density at radius 2 is 1.86 bits per heavy atom. The van der Waals surface area contributed by atoms with E-state index < -0.39 is 0 Å². The second kappa shape index (κ2) is 8.01. The topological polar surface area (TPSA) is 71.0 Å². The molecule has 0 atom stereocenters. The molecule has 1 aromatic heterocycles. The second-order valence-electron chi connectivity index (χ2n) is 8.07. The molecule has 28 heavy (non-hydrogen) atoms. The number of nitrogens with one attached hydrogen (secondary N) is 2. The Morgan fingerprint density at radius 1 is 1.07 bits per heavy atom. The molecule has 150 valence electrons. The van der Waals surface area contributed by atoms with E-state index in [2.05, 4.69) is 10.4 Å². The third-order valence-electron chi connectivity index (χ3n) is 6.25. The molecule has 0 amide bonds. The number of fused-ring (bicyclic) bond motifs is 3. The Hall–Kier alpha value is -1.63. The highest BCUT2D eigenvalue weighted by atomic mass is 35.5. The Kier molecular flexibility index (Phi) is 5.26. The number of ether oxygens (including phenoxy) is 2. The van der Waals surface area contributed by atoms with Crippen molar-refractivity contribution in [3.05, 3.63) is 33.1 Å². The second-order valence-corrected chi connectivity index (χ2v) is 8.50. The SMILES string of the molecule is ClC1=CCN=c2c3c([nH]c2=C1)C(C1CCC(OC2CCOCC2)CC1)=NNC3. The zero-order chi connectivity index (χ0) is 18.9. The van der Waals surface area contributed by atoms with E-state index >= 15 is 0 Å². The summed E-state index contributed by atoms with van der Waals surface area (Å²) >= 11 is 6.25. The molecule has 2 fully saturated rings. The summed E-state index contributed by atoms with van der Waals surface area (Å²) in [7, 11) is 0. The lowest BCUT2D eigenvalue weighted by Crippen LogP contribution is -2.34. The van der Waals surface area contributed by atoms with Gasteiger partial charge in [-0.15, -0.1) is 0 Å². The molecule has 0 radical (unpaired) electrons. The van der Waals surface area contributed by atoms with E-state index in [1.165, 1.54) is 5.56 Å². The average Bonchev–Trinajstić information content (AvgIpc) is 2.95. The summed E-state index contributed by atoms with van der Waals surface area (Å²) < 4.78 is 11.8. The molecule has 7 heteroatoms. The molecular formula is C21H27ClN4O2. The van der Waals surface area contributed by atoms with Gasteiger partial charge in [0.2, 0.25) is 0 Å². The predicted octanol–water partition coefficient (Wildman–Crippen LogP) is 2.11. The van der Waals surface area contributed by atoms with Gasteiger partial charge in [-0.25, -0.2) is 0 Å². The van der Waals surface area contributed by atoms with Gasteiger partial charge in [-0.2, -0.15) is 5.10 Å². The molecule has 1 saturated heterocycles. The predicted molar refractivity (Wildman–Crippen MR) is 109 cm³/mol. The highest BCUT2D eigenvalue weighted by Gasteiger charge is 2.31. The van der Waals surface area contributed by atoms with Crippen LogP contribution in [0.1, 0.15) is 49.8 Å². The van der Waals surface area contributed by atoms with Crippen LogP contribution in [0.2, 0.25) is 0 Å². The van der Waals surface area contributed by atoms with Crippen molar-refractivity contribution in [2.45, 2.75) is 57.3 Å². The van der Waals surface area contributed by atoms with Gasteiger partial charge < -0.3 is 19.9 Å². The molecule has 1 aliphatic carbocycles. The van der Waals surface area contributed by atoms with Gasteiger partial charge in [-0.05, 0) is 50.7 Å². The van der Waals surface area contributed by atoms with Crippen LogP contribution in [0, 0.1) is 5.92 Å². The van der Waals surface area contributed by atoms with Crippen LogP contribution in [0.5, 0.6) is 0 Å². The molecule has 6 nitrogen and oxygen atoms in total. The Balaban J connectivity index is 1.31. The molecule has 4 heterocycles. The smallest absolute Gasteiger partial charge is 0.0885 e. The van der Waals surface area contributed by atoms with Gasteiger partial charge >= 0.3 is 0 Å². The summed E-state index contributed by atoms with van der Waals surface area (Å²) in [4.78, 5) is 8.28. The van der Waals surface area contributed by atoms with Gasteiger partial charge in [-0.3, -0.25) is 4.99 Å². The van der Waals surface area contributed by atoms with E-state index in [-0.39, 0.29) is 0 Å². The van der Waals surface area contributed by atoms with Crippen molar-refractivity contribution in [2.24, 2.45) is 16.0 Å². The highest BCUT2D eigenvalue weighted by Crippen LogP contribution is 2.31. The molecule has 1 aromatic rings. The lowest BCUT2D eigenvalue weighted by molar-refractivity contribution is -0.0798. The zero-order valence-corrected chi connectivity index (χ0v) is 16.8. The minimum Gasteiger partial charge on any atom is -0.381 e. The van der Waals surface area contributed by atoms with Crippen molar-refractivity contribution < 1.29 is 9.47 Å². The fourth-order valence-electron chi connectivity index (χ4n) is 4.76. The van der Waals surface area contributed by atoms with Crippen LogP contribution in [0.25, 0.3) is 6.08 Å². The Bertz CT molecular complexity index is 906. The lowest BCUT2D eigenvalue weighted by Gasteiger charge is -2.33. The largest absolute Gasteiger partial charge is 0.381 e. The molecule has 1 saturated carbocycles.